The average molecular weight is 136 g/mol. The van der Waals surface area contributed by atoms with Gasteiger partial charge in [0.15, 0.2) is 5.78 Å². The van der Waals surface area contributed by atoms with Crippen molar-refractivity contribution in [2.75, 3.05) is 0 Å². The number of ketones is 1. The van der Waals surface area contributed by atoms with Crippen molar-refractivity contribution in [3.8, 4) is 0 Å². The molecule has 1 fully saturated rings. The summed E-state index contributed by atoms with van der Waals surface area (Å²) in [6.45, 7) is 5.70. The van der Waals surface area contributed by atoms with Crippen molar-refractivity contribution in [3.05, 3.63) is 24.3 Å². The Morgan fingerprint density at radius 1 is 1.70 bits per heavy atom. The molecule has 10 heavy (non-hydrogen) atoms. The molecule has 1 saturated carbocycles. The van der Waals surface area contributed by atoms with E-state index in [9.17, 15) is 4.79 Å². The Balaban J connectivity index is 2.66. The fourth-order valence-electron chi connectivity index (χ4n) is 1.27. The first-order chi connectivity index (χ1) is 4.75. The van der Waals surface area contributed by atoms with Gasteiger partial charge < -0.3 is 0 Å². The average Bonchev–Trinajstić information content (AvgIpc) is 2.20. The summed E-state index contributed by atoms with van der Waals surface area (Å²) >= 11 is 0. The summed E-state index contributed by atoms with van der Waals surface area (Å²) in [7, 11) is 0. The van der Waals surface area contributed by atoms with E-state index in [-0.39, 0.29) is 5.78 Å². The van der Waals surface area contributed by atoms with Crippen LogP contribution in [0.2, 0.25) is 0 Å². The molecule has 0 aliphatic heterocycles. The molecule has 1 aliphatic carbocycles. The molecule has 1 nitrogen and oxygen atoms in total. The van der Waals surface area contributed by atoms with Crippen molar-refractivity contribution >= 4 is 5.78 Å². The van der Waals surface area contributed by atoms with Gasteiger partial charge in [-0.2, -0.15) is 0 Å². The lowest BCUT2D eigenvalue weighted by atomic mass is 10.0. The highest BCUT2D eigenvalue weighted by molar-refractivity contribution is 5.97. The number of allylic oxidation sites excluding steroid dienone is 3. The Morgan fingerprint density at radius 2 is 2.40 bits per heavy atom. The third kappa shape index (κ3) is 1.18. The molecule has 0 radical (unpaired) electrons. The number of carbonyl (C=O) groups is 1. The smallest absolute Gasteiger partial charge is 0.158 e. The van der Waals surface area contributed by atoms with E-state index in [1.807, 2.05) is 19.1 Å². The minimum Gasteiger partial charge on any atom is -0.295 e. The van der Waals surface area contributed by atoms with Crippen LogP contribution in [0.4, 0.5) is 0 Å². The lowest BCUT2D eigenvalue weighted by Gasteiger charge is -1.99. The first-order valence-corrected chi connectivity index (χ1v) is 3.60. The van der Waals surface area contributed by atoms with E-state index in [1.165, 1.54) is 0 Å². The second kappa shape index (κ2) is 2.82. The van der Waals surface area contributed by atoms with E-state index >= 15 is 0 Å². The summed E-state index contributed by atoms with van der Waals surface area (Å²) in [6, 6.07) is 0. The topological polar surface area (TPSA) is 17.1 Å². The number of hydrogen-bond acceptors (Lipinski definition) is 1. The normalized spacial score (nSPS) is 26.7. The molecule has 0 heterocycles. The predicted octanol–water partition coefficient (Wildman–Crippen LogP) is 2.10. The highest BCUT2D eigenvalue weighted by Gasteiger charge is 2.23. The molecule has 1 heteroatoms. The van der Waals surface area contributed by atoms with Gasteiger partial charge in [-0.15, -0.1) is 0 Å². The third-order valence-corrected chi connectivity index (χ3v) is 1.91. The van der Waals surface area contributed by atoms with E-state index in [2.05, 4.69) is 6.58 Å². The molecule has 0 saturated heterocycles. The summed E-state index contributed by atoms with van der Waals surface area (Å²) in [5.41, 5.74) is 0.790. The summed E-state index contributed by atoms with van der Waals surface area (Å²) in [6.07, 6.45) is 5.68. The quantitative estimate of drug-likeness (QED) is 0.398. The molecule has 54 valence electrons. The number of rotatable bonds is 1. The highest BCUT2D eigenvalue weighted by atomic mass is 16.1. The monoisotopic (exact) mass is 136 g/mol. The molecule has 0 N–H and O–H groups in total. The zero-order valence-corrected chi connectivity index (χ0v) is 6.26. The molecule has 0 aromatic carbocycles. The van der Waals surface area contributed by atoms with Crippen molar-refractivity contribution in [2.45, 2.75) is 19.8 Å². The standard InChI is InChI=1S/C9H12O/c1-3-4-8-5-6-9(10)7(8)2/h3-4,8H,2,5-6H2,1H3/b4-3+. The Morgan fingerprint density at radius 3 is 2.80 bits per heavy atom. The molecule has 1 rings (SSSR count). The summed E-state index contributed by atoms with van der Waals surface area (Å²) in [5, 5.41) is 0. The van der Waals surface area contributed by atoms with Crippen molar-refractivity contribution in [3.63, 3.8) is 0 Å². The van der Waals surface area contributed by atoms with Gasteiger partial charge in [-0.1, -0.05) is 18.7 Å². The van der Waals surface area contributed by atoms with Gasteiger partial charge in [0, 0.05) is 12.3 Å². The van der Waals surface area contributed by atoms with Crippen molar-refractivity contribution < 1.29 is 4.79 Å². The second-order valence-electron chi connectivity index (χ2n) is 2.62. The van der Waals surface area contributed by atoms with Gasteiger partial charge in [0.1, 0.15) is 0 Å². The lowest BCUT2D eigenvalue weighted by Crippen LogP contribution is -1.95. The molecule has 1 atom stereocenters. The maximum atomic E-state index is 10.9. The molecule has 0 bridgehead atoms. The van der Waals surface area contributed by atoms with E-state index in [1.54, 1.807) is 0 Å². The van der Waals surface area contributed by atoms with E-state index in [4.69, 9.17) is 0 Å². The third-order valence-electron chi connectivity index (χ3n) is 1.91. The molecular weight excluding hydrogens is 124 g/mol. The maximum Gasteiger partial charge on any atom is 0.158 e. The van der Waals surface area contributed by atoms with Gasteiger partial charge in [0.2, 0.25) is 0 Å². The molecule has 0 aromatic heterocycles. The predicted molar refractivity (Wildman–Crippen MR) is 41.7 cm³/mol. The Labute approximate surface area is 61.4 Å². The van der Waals surface area contributed by atoms with Crippen molar-refractivity contribution in [1.29, 1.82) is 0 Å². The SMILES string of the molecule is C=C1C(=O)CCC1/C=C/C. The minimum absolute atomic E-state index is 0.239. The fourth-order valence-corrected chi connectivity index (χ4v) is 1.27. The van der Waals surface area contributed by atoms with E-state index in [0.717, 1.165) is 12.0 Å². The van der Waals surface area contributed by atoms with Crippen LogP contribution < -0.4 is 0 Å². The molecule has 0 aromatic rings. The van der Waals surface area contributed by atoms with Gasteiger partial charge in [-0.3, -0.25) is 4.79 Å². The van der Waals surface area contributed by atoms with Crippen LogP contribution in [0, 0.1) is 5.92 Å². The van der Waals surface area contributed by atoms with Crippen molar-refractivity contribution in [1.82, 2.24) is 0 Å². The van der Waals surface area contributed by atoms with Gasteiger partial charge in [0.25, 0.3) is 0 Å². The largest absolute Gasteiger partial charge is 0.295 e. The highest BCUT2D eigenvalue weighted by Crippen LogP contribution is 2.27. The van der Waals surface area contributed by atoms with Crippen LogP contribution in [0.3, 0.4) is 0 Å². The van der Waals surface area contributed by atoms with Crippen LogP contribution in [0.15, 0.2) is 24.3 Å². The first kappa shape index (κ1) is 7.26. The summed E-state index contributed by atoms with van der Waals surface area (Å²) in [4.78, 5) is 10.9. The molecular formula is C9H12O. The van der Waals surface area contributed by atoms with Crippen LogP contribution in [-0.4, -0.2) is 5.78 Å². The zero-order chi connectivity index (χ0) is 7.56. The van der Waals surface area contributed by atoms with Crippen LogP contribution >= 0.6 is 0 Å². The van der Waals surface area contributed by atoms with Crippen molar-refractivity contribution in [2.24, 2.45) is 5.92 Å². The maximum absolute atomic E-state index is 10.9. The summed E-state index contributed by atoms with van der Waals surface area (Å²) in [5.74, 6) is 0.570. The molecule has 1 unspecified atom stereocenters. The number of carbonyl (C=O) groups excluding carboxylic acids is 1. The first-order valence-electron chi connectivity index (χ1n) is 3.60. The number of hydrogen-bond donors (Lipinski definition) is 0. The van der Waals surface area contributed by atoms with Crippen LogP contribution in [0.1, 0.15) is 19.8 Å². The Bertz CT molecular complexity index is 189. The summed E-state index contributed by atoms with van der Waals surface area (Å²) < 4.78 is 0. The van der Waals surface area contributed by atoms with E-state index in [0.29, 0.717) is 12.3 Å². The molecule has 0 amide bonds. The van der Waals surface area contributed by atoms with E-state index < -0.39 is 0 Å². The van der Waals surface area contributed by atoms with Gasteiger partial charge in [-0.05, 0) is 18.9 Å². The Hall–Kier alpha value is -0.850. The second-order valence-corrected chi connectivity index (χ2v) is 2.62. The van der Waals surface area contributed by atoms with Crippen LogP contribution in [0.25, 0.3) is 0 Å². The van der Waals surface area contributed by atoms with Crippen LogP contribution in [0.5, 0.6) is 0 Å². The van der Waals surface area contributed by atoms with Gasteiger partial charge in [0.05, 0.1) is 0 Å². The fraction of sp³-hybridized carbons (Fsp3) is 0.444. The zero-order valence-electron chi connectivity index (χ0n) is 6.26. The molecule has 0 spiro atoms. The number of Topliss-reactive ketones (excluding diaryl/α,β-unsaturated/α-hetero) is 1. The molecule has 1 aliphatic rings. The van der Waals surface area contributed by atoms with Gasteiger partial charge in [-0.25, -0.2) is 0 Å². The minimum atomic E-state index is 0.239. The van der Waals surface area contributed by atoms with Crippen LogP contribution in [-0.2, 0) is 4.79 Å². The van der Waals surface area contributed by atoms with Gasteiger partial charge >= 0.3 is 0 Å². The lowest BCUT2D eigenvalue weighted by molar-refractivity contribution is -0.114. The Kier molecular flexibility index (Phi) is 2.05.